The Labute approximate surface area is 175 Å². The molecule has 3 nitrogen and oxygen atoms in total. The number of nitrogens with zero attached hydrogens (tertiary/aromatic N) is 2. The van der Waals surface area contributed by atoms with Gasteiger partial charge in [0.1, 0.15) is 18.2 Å². The van der Waals surface area contributed by atoms with Crippen LogP contribution in [0.5, 0.6) is 0 Å². The molecule has 0 saturated heterocycles. The molecule has 0 atom stereocenters. The standard InChI is InChI=1S/C26H27N2O/c1-15(2)11-19-12-18(5)28(6)22(13-19)23-16(3)8-10-21-24-20(14-27)9-7-17(4)25(24)29-26(21)23/h7-10,12-13,15H,11H2,1-6H3/q+1/i11D2. The smallest absolute Gasteiger partial charge is 0.216 e. The van der Waals surface area contributed by atoms with Crippen LogP contribution in [0.4, 0.5) is 0 Å². The number of furan rings is 1. The molecule has 0 radical (unpaired) electrons. The van der Waals surface area contributed by atoms with Gasteiger partial charge in [-0.15, -0.1) is 0 Å². The number of fused-ring (bicyclic) bond motifs is 3. The monoisotopic (exact) mass is 385 g/mol. The maximum atomic E-state index is 9.67. The summed E-state index contributed by atoms with van der Waals surface area (Å²) < 4.78 is 25.7. The van der Waals surface area contributed by atoms with Crippen molar-refractivity contribution in [1.29, 1.82) is 5.26 Å². The van der Waals surface area contributed by atoms with E-state index in [9.17, 15) is 5.26 Å². The van der Waals surface area contributed by atoms with Crippen LogP contribution in [0, 0.1) is 38.0 Å². The number of pyridine rings is 1. The van der Waals surface area contributed by atoms with Crippen LogP contribution in [0.2, 0.25) is 0 Å². The SMILES string of the molecule is [2H]C([2H])(c1cc(C)[n+](C)c(-c2c(C)ccc3c2oc2c(C)ccc(C#N)c23)c1)C(C)C. The van der Waals surface area contributed by atoms with E-state index < -0.39 is 6.37 Å². The molecule has 0 aliphatic heterocycles. The Kier molecular flexibility index (Phi) is 4.08. The van der Waals surface area contributed by atoms with E-state index in [0.29, 0.717) is 11.1 Å². The molecule has 0 saturated carbocycles. The summed E-state index contributed by atoms with van der Waals surface area (Å²) in [5, 5.41) is 11.4. The molecule has 4 aromatic rings. The summed E-state index contributed by atoms with van der Waals surface area (Å²) in [6.07, 6.45) is -1.45. The van der Waals surface area contributed by atoms with Crippen molar-refractivity contribution in [2.24, 2.45) is 13.0 Å². The highest BCUT2D eigenvalue weighted by atomic mass is 16.3. The van der Waals surface area contributed by atoms with Crippen molar-refractivity contribution in [3.8, 4) is 17.3 Å². The zero-order valence-corrected chi connectivity index (χ0v) is 17.8. The third kappa shape index (κ3) is 3.09. The Balaban J connectivity index is 2.14. The van der Waals surface area contributed by atoms with Crippen LogP contribution >= 0.6 is 0 Å². The van der Waals surface area contributed by atoms with Crippen LogP contribution < -0.4 is 4.57 Å². The summed E-state index contributed by atoms with van der Waals surface area (Å²) >= 11 is 0. The molecule has 0 N–H and O–H groups in total. The van der Waals surface area contributed by atoms with Gasteiger partial charge in [-0.3, -0.25) is 0 Å². The quantitative estimate of drug-likeness (QED) is 0.401. The Hall–Kier alpha value is -3.12. The number of rotatable bonds is 3. The summed E-state index contributed by atoms with van der Waals surface area (Å²) in [5.41, 5.74) is 7.56. The van der Waals surface area contributed by atoms with E-state index in [0.717, 1.165) is 50.0 Å². The Morgan fingerprint density at radius 1 is 1.07 bits per heavy atom. The second kappa shape index (κ2) is 7.04. The minimum Gasteiger partial charge on any atom is -0.455 e. The molecule has 146 valence electrons. The third-order valence-electron chi connectivity index (χ3n) is 5.57. The van der Waals surface area contributed by atoms with Gasteiger partial charge in [-0.2, -0.15) is 9.83 Å². The number of benzene rings is 2. The third-order valence-corrected chi connectivity index (χ3v) is 5.57. The number of hydrogen-bond acceptors (Lipinski definition) is 2. The van der Waals surface area contributed by atoms with Crippen molar-refractivity contribution in [2.45, 2.75) is 41.0 Å². The topological polar surface area (TPSA) is 40.8 Å². The van der Waals surface area contributed by atoms with Crippen molar-refractivity contribution in [3.05, 3.63) is 64.3 Å². The predicted octanol–water partition coefficient (Wildman–Crippen LogP) is 6.07. The van der Waals surface area contributed by atoms with Gasteiger partial charge >= 0.3 is 0 Å². The van der Waals surface area contributed by atoms with E-state index in [-0.39, 0.29) is 5.92 Å². The molecule has 0 aliphatic carbocycles. The van der Waals surface area contributed by atoms with E-state index in [1.807, 2.05) is 72.0 Å². The van der Waals surface area contributed by atoms with Gasteiger partial charge in [0.15, 0.2) is 5.69 Å². The maximum absolute atomic E-state index is 9.67. The van der Waals surface area contributed by atoms with Gasteiger partial charge < -0.3 is 4.42 Å². The minimum absolute atomic E-state index is 0.156. The maximum Gasteiger partial charge on any atom is 0.216 e. The molecule has 29 heavy (non-hydrogen) atoms. The number of aromatic nitrogens is 1. The molecular weight excluding hydrogens is 356 g/mol. The minimum atomic E-state index is -1.45. The fourth-order valence-electron chi connectivity index (χ4n) is 4.04. The van der Waals surface area contributed by atoms with Crippen LogP contribution in [0.15, 0.2) is 40.8 Å². The van der Waals surface area contributed by atoms with Crippen LogP contribution in [0.1, 0.15) is 44.5 Å². The van der Waals surface area contributed by atoms with Crippen LogP contribution in [-0.4, -0.2) is 0 Å². The van der Waals surface area contributed by atoms with Gasteiger partial charge in [0.25, 0.3) is 0 Å². The van der Waals surface area contributed by atoms with E-state index in [4.69, 9.17) is 7.16 Å². The van der Waals surface area contributed by atoms with Crippen LogP contribution in [0.25, 0.3) is 33.2 Å². The number of hydrogen-bond donors (Lipinski definition) is 0. The van der Waals surface area contributed by atoms with E-state index in [2.05, 4.69) is 16.7 Å². The first-order chi connectivity index (χ1) is 14.6. The Morgan fingerprint density at radius 2 is 1.79 bits per heavy atom. The number of aryl methyl sites for hydroxylation is 3. The zero-order valence-electron chi connectivity index (χ0n) is 19.8. The average molecular weight is 386 g/mol. The first-order valence-electron chi connectivity index (χ1n) is 10.9. The molecule has 0 aliphatic rings. The number of nitriles is 1. The van der Waals surface area contributed by atoms with E-state index >= 15 is 0 Å². The normalized spacial score (nSPS) is 13.0. The molecule has 3 heteroatoms. The molecule has 0 fully saturated rings. The Morgan fingerprint density at radius 3 is 2.48 bits per heavy atom. The first kappa shape index (κ1) is 16.8. The van der Waals surface area contributed by atoms with Crippen molar-refractivity contribution in [2.75, 3.05) is 0 Å². The van der Waals surface area contributed by atoms with Gasteiger partial charge in [0.05, 0.1) is 17.2 Å². The molecule has 4 rings (SSSR count). The fourth-order valence-corrected chi connectivity index (χ4v) is 4.04. The summed E-state index contributed by atoms with van der Waals surface area (Å²) in [7, 11) is 1.99. The summed E-state index contributed by atoms with van der Waals surface area (Å²) in [6, 6.07) is 14.0. The molecule has 0 bridgehead atoms. The molecule has 0 unspecified atom stereocenters. The van der Waals surface area contributed by atoms with Crippen molar-refractivity contribution in [1.82, 2.24) is 0 Å². The van der Waals surface area contributed by atoms with Gasteiger partial charge in [-0.05, 0) is 48.9 Å². The molecule has 0 spiro atoms. The highest BCUT2D eigenvalue weighted by Crippen LogP contribution is 2.39. The fraction of sp³-hybridized carbons (Fsp3) is 0.308. The van der Waals surface area contributed by atoms with Crippen LogP contribution in [-0.2, 0) is 13.4 Å². The van der Waals surface area contributed by atoms with Gasteiger partial charge in [-0.25, -0.2) is 0 Å². The molecular formula is C26H27N2O+. The molecule has 2 aromatic heterocycles. The highest BCUT2D eigenvalue weighted by Gasteiger charge is 2.24. The molecule has 0 amide bonds. The summed E-state index contributed by atoms with van der Waals surface area (Å²) in [6.45, 7) is 9.83. The average Bonchev–Trinajstić information content (AvgIpc) is 3.11. The van der Waals surface area contributed by atoms with E-state index in [1.165, 1.54) is 0 Å². The first-order valence-corrected chi connectivity index (χ1v) is 9.95. The largest absolute Gasteiger partial charge is 0.455 e. The lowest BCUT2D eigenvalue weighted by Crippen LogP contribution is -2.35. The van der Waals surface area contributed by atoms with Crippen LogP contribution in [0.3, 0.4) is 0 Å². The predicted molar refractivity (Wildman–Crippen MR) is 118 cm³/mol. The van der Waals surface area contributed by atoms with Crippen molar-refractivity contribution < 1.29 is 11.7 Å². The lowest BCUT2D eigenvalue weighted by Gasteiger charge is -2.11. The zero-order chi connectivity index (χ0) is 22.7. The second-order valence-electron chi connectivity index (χ2n) is 8.11. The van der Waals surface area contributed by atoms with E-state index in [1.54, 1.807) is 0 Å². The second-order valence-corrected chi connectivity index (χ2v) is 8.11. The molecule has 2 aromatic carbocycles. The molecule has 2 heterocycles. The van der Waals surface area contributed by atoms with Gasteiger partial charge in [0.2, 0.25) is 5.69 Å². The van der Waals surface area contributed by atoms with Gasteiger partial charge in [0, 0.05) is 32.6 Å². The summed E-state index contributed by atoms with van der Waals surface area (Å²) in [5.74, 6) is -0.156. The Bertz CT molecular complexity index is 1390. The lowest BCUT2D eigenvalue weighted by atomic mass is 9.96. The van der Waals surface area contributed by atoms with Crippen molar-refractivity contribution >= 4 is 21.9 Å². The van der Waals surface area contributed by atoms with Crippen molar-refractivity contribution in [3.63, 3.8) is 0 Å². The highest BCUT2D eigenvalue weighted by molar-refractivity contribution is 6.12. The summed E-state index contributed by atoms with van der Waals surface area (Å²) in [4.78, 5) is 0. The lowest BCUT2D eigenvalue weighted by molar-refractivity contribution is -0.666. The van der Waals surface area contributed by atoms with Gasteiger partial charge in [-0.1, -0.05) is 32.0 Å².